The highest BCUT2D eigenvalue weighted by Gasteiger charge is 2.26. The van der Waals surface area contributed by atoms with Crippen LogP contribution in [0.3, 0.4) is 0 Å². The van der Waals surface area contributed by atoms with Gasteiger partial charge in [0.2, 0.25) is 0 Å². The lowest BCUT2D eigenvalue weighted by atomic mass is 9.78. The van der Waals surface area contributed by atoms with Gasteiger partial charge in [0.15, 0.2) is 0 Å². The highest BCUT2D eigenvalue weighted by molar-refractivity contribution is 8.00. The van der Waals surface area contributed by atoms with Crippen LogP contribution in [0, 0.1) is 11.7 Å². The summed E-state index contributed by atoms with van der Waals surface area (Å²) >= 11 is 0. The van der Waals surface area contributed by atoms with E-state index < -0.39 is 9.52 Å². The summed E-state index contributed by atoms with van der Waals surface area (Å²) < 4.78 is 27.2. The molecule has 1 fully saturated rings. The van der Waals surface area contributed by atoms with Crippen LogP contribution < -0.4 is 11.1 Å². The van der Waals surface area contributed by atoms with E-state index in [0.717, 1.165) is 16.0 Å². The largest absolute Gasteiger partial charge is 0.398 e. The second-order valence-electron chi connectivity index (χ2n) is 9.46. The van der Waals surface area contributed by atoms with Gasteiger partial charge in [0.25, 0.3) is 5.91 Å². The Morgan fingerprint density at radius 3 is 2.43 bits per heavy atom. The topological polar surface area (TPSA) is 72.2 Å². The van der Waals surface area contributed by atoms with Crippen LogP contribution in [0.2, 0.25) is 0 Å². The summed E-state index contributed by atoms with van der Waals surface area (Å²) in [5.74, 6) is 4.36. The van der Waals surface area contributed by atoms with Crippen molar-refractivity contribution in [2.45, 2.75) is 61.3 Å². The van der Waals surface area contributed by atoms with Crippen molar-refractivity contribution >= 4 is 27.0 Å². The van der Waals surface area contributed by atoms with Gasteiger partial charge in [-0.3, -0.25) is 9.00 Å². The van der Waals surface area contributed by atoms with Crippen molar-refractivity contribution in [2.24, 2.45) is 5.92 Å². The molecule has 35 heavy (non-hydrogen) atoms. The third-order valence-electron chi connectivity index (χ3n) is 7.12. The Labute approximate surface area is 207 Å². The molecular weight excluding hydrogens is 459 g/mol. The minimum absolute atomic E-state index is 0.263. The molecule has 2 unspecified atom stereocenters. The maximum absolute atomic E-state index is 14.1. The quantitative estimate of drug-likeness (QED) is 0.307. The number of hydrogen-bond acceptors (Lipinski definition) is 3. The van der Waals surface area contributed by atoms with Gasteiger partial charge in [-0.1, -0.05) is 56.5 Å². The van der Waals surface area contributed by atoms with E-state index in [1.807, 2.05) is 18.2 Å². The second-order valence-corrected chi connectivity index (χ2v) is 11.7. The van der Waals surface area contributed by atoms with Crippen molar-refractivity contribution < 1.29 is 13.4 Å². The molecule has 1 saturated carbocycles. The number of nitrogen functional groups attached to an aromatic ring is 1. The van der Waals surface area contributed by atoms with E-state index in [1.54, 1.807) is 30.3 Å². The summed E-state index contributed by atoms with van der Waals surface area (Å²) in [5, 5.41) is 2.81. The Kier molecular flexibility index (Phi) is 7.60. The standard InChI is InChI=1S/C29H33FN2O2S/c1-20(22-8-4-3-5-9-22)25-10-6-7-11-27(25)35(2,34)28-17-14-23(18-26(28)31)29(33)32-19-21-12-15-24(30)16-13-21/h6-7,10-18,20,22H,2-5,8-9,19,31H2,1H3,(H,32,33). The average molecular weight is 493 g/mol. The fourth-order valence-electron chi connectivity index (χ4n) is 5.04. The molecule has 0 saturated heterocycles. The number of nitrogens with one attached hydrogen (secondary N) is 1. The maximum Gasteiger partial charge on any atom is 0.251 e. The molecule has 3 aromatic rings. The van der Waals surface area contributed by atoms with Crippen molar-refractivity contribution in [3.8, 4) is 0 Å². The van der Waals surface area contributed by atoms with Gasteiger partial charge in [0.1, 0.15) is 5.82 Å². The highest BCUT2D eigenvalue weighted by atomic mass is 32.2. The van der Waals surface area contributed by atoms with Crippen molar-refractivity contribution in [3.05, 3.63) is 89.2 Å². The number of halogens is 1. The highest BCUT2D eigenvalue weighted by Crippen LogP contribution is 2.39. The van der Waals surface area contributed by atoms with Crippen molar-refractivity contribution in [1.29, 1.82) is 0 Å². The first-order chi connectivity index (χ1) is 16.8. The average Bonchev–Trinajstić information content (AvgIpc) is 2.88. The van der Waals surface area contributed by atoms with E-state index in [4.69, 9.17) is 5.73 Å². The zero-order valence-electron chi connectivity index (χ0n) is 20.1. The van der Waals surface area contributed by atoms with Crippen LogP contribution in [-0.4, -0.2) is 16.0 Å². The zero-order valence-corrected chi connectivity index (χ0v) is 21.0. The number of anilines is 1. The first kappa shape index (κ1) is 25.0. The summed E-state index contributed by atoms with van der Waals surface area (Å²) in [6, 6.07) is 18.6. The third kappa shape index (κ3) is 5.59. The smallest absolute Gasteiger partial charge is 0.251 e. The van der Waals surface area contributed by atoms with Gasteiger partial charge in [-0.2, -0.15) is 0 Å². The lowest BCUT2D eigenvalue weighted by Gasteiger charge is -2.30. The predicted octanol–water partition coefficient (Wildman–Crippen LogP) is 6.16. The number of nitrogens with two attached hydrogens (primary N) is 1. The first-order valence-electron chi connectivity index (χ1n) is 12.2. The number of carbonyl (C=O) groups excluding carboxylic acids is 1. The summed E-state index contributed by atoms with van der Waals surface area (Å²) in [6.45, 7) is 2.49. The van der Waals surface area contributed by atoms with Crippen molar-refractivity contribution in [1.82, 2.24) is 5.32 Å². The van der Waals surface area contributed by atoms with Crippen LogP contribution >= 0.6 is 0 Å². The minimum atomic E-state index is -2.88. The van der Waals surface area contributed by atoms with Gasteiger partial charge >= 0.3 is 0 Å². The molecule has 0 aromatic heterocycles. The van der Waals surface area contributed by atoms with E-state index in [-0.39, 0.29) is 29.9 Å². The number of rotatable bonds is 7. The summed E-state index contributed by atoms with van der Waals surface area (Å²) in [4.78, 5) is 13.8. The number of amides is 1. The Balaban J connectivity index is 1.56. The Morgan fingerprint density at radius 2 is 1.74 bits per heavy atom. The molecule has 4 rings (SSSR count). The van der Waals surface area contributed by atoms with E-state index in [2.05, 4.69) is 24.2 Å². The molecule has 0 bridgehead atoms. The summed E-state index contributed by atoms with van der Waals surface area (Å²) in [7, 11) is -2.88. The van der Waals surface area contributed by atoms with Crippen LogP contribution in [0.5, 0.6) is 0 Å². The summed E-state index contributed by atoms with van der Waals surface area (Å²) in [6.07, 6.45) is 6.16. The fourth-order valence-corrected chi connectivity index (χ4v) is 6.94. The van der Waals surface area contributed by atoms with E-state index in [0.29, 0.717) is 16.4 Å². The van der Waals surface area contributed by atoms with Gasteiger partial charge in [0.05, 0.1) is 4.90 Å². The van der Waals surface area contributed by atoms with Crippen LogP contribution in [0.25, 0.3) is 0 Å². The van der Waals surface area contributed by atoms with E-state index >= 15 is 0 Å². The number of benzene rings is 3. The number of hydrogen-bond donors (Lipinski definition) is 2. The maximum atomic E-state index is 14.1. The molecule has 2 atom stereocenters. The van der Waals surface area contributed by atoms with Crippen molar-refractivity contribution in [2.75, 3.05) is 5.73 Å². The Bertz CT molecular complexity index is 1300. The van der Waals surface area contributed by atoms with Gasteiger partial charge in [-0.05, 0) is 78.1 Å². The molecule has 0 spiro atoms. The molecule has 1 aliphatic carbocycles. The predicted molar refractivity (Wildman–Crippen MR) is 142 cm³/mol. The lowest BCUT2D eigenvalue weighted by molar-refractivity contribution is 0.0951. The number of carbonyl (C=O) groups is 1. The van der Waals surface area contributed by atoms with E-state index in [9.17, 15) is 13.4 Å². The van der Waals surface area contributed by atoms with Gasteiger partial charge in [-0.15, -0.1) is 0 Å². The lowest BCUT2D eigenvalue weighted by Crippen LogP contribution is -2.23. The van der Waals surface area contributed by atoms with Crippen LogP contribution in [0.4, 0.5) is 10.1 Å². The van der Waals surface area contributed by atoms with E-state index in [1.165, 1.54) is 44.2 Å². The third-order valence-corrected chi connectivity index (χ3v) is 9.28. The van der Waals surface area contributed by atoms with Crippen LogP contribution in [0.15, 0.2) is 76.5 Å². The molecule has 184 valence electrons. The van der Waals surface area contributed by atoms with Gasteiger partial charge in [-0.25, -0.2) is 4.39 Å². The van der Waals surface area contributed by atoms with Crippen LogP contribution in [-0.2, 0) is 16.1 Å². The molecule has 6 heteroatoms. The molecule has 3 aromatic carbocycles. The molecule has 0 aliphatic heterocycles. The SMILES string of the molecule is C=S(=O)(c1ccc(C(=O)NCc2ccc(F)cc2)cc1N)c1ccccc1C(C)C1CCCCC1. The molecule has 3 N–H and O–H groups in total. The van der Waals surface area contributed by atoms with Crippen LogP contribution in [0.1, 0.15) is 66.4 Å². The van der Waals surface area contributed by atoms with Gasteiger partial charge in [0, 0.05) is 32.2 Å². The molecule has 0 heterocycles. The molecule has 4 nitrogen and oxygen atoms in total. The Morgan fingerprint density at radius 1 is 1.06 bits per heavy atom. The normalized spacial score (nSPS) is 16.9. The summed E-state index contributed by atoms with van der Waals surface area (Å²) in [5.41, 5.74) is 8.84. The van der Waals surface area contributed by atoms with Gasteiger partial charge < -0.3 is 11.1 Å². The first-order valence-corrected chi connectivity index (χ1v) is 13.9. The molecule has 1 aliphatic rings. The Hall–Kier alpha value is -3.12. The fraction of sp³-hybridized carbons (Fsp3) is 0.310. The molecule has 1 amide bonds. The molecular formula is C29H33FN2O2S. The zero-order chi connectivity index (χ0) is 25.0. The minimum Gasteiger partial charge on any atom is -0.398 e. The second kappa shape index (κ2) is 10.6. The molecule has 0 radical (unpaired) electrons. The van der Waals surface area contributed by atoms with Crippen molar-refractivity contribution in [3.63, 3.8) is 0 Å². The monoisotopic (exact) mass is 492 g/mol.